The van der Waals surface area contributed by atoms with Crippen molar-refractivity contribution in [3.63, 3.8) is 0 Å². The van der Waals surface area contributed by atoms with Gasteiger partial charge >= 0.3 is 0 Å². The summed E-state index contributed by atoms with van der Waals surface area (Å²) in [7, 11) is 0. The van der Waals surface area contributed by atoms with Gasteiger partial charge in [-0.3, -0.25) is 9.59 Å². The standard InChI is InChI=1S/C12H16N4O2/c13-11-8(12(14)18)2-1-3-9(11)15-6-7-4-5-10(17)16-7/h1-3,7,15H,4-6,13H2,(H2,14,18)(H,16,17). The van der Waals surface area contributed by atoms with Crippen molar-refractivity contribution >= 4 is 23.2 Å². The van der Waals surface area contributed by atoms with Gasteiger partial charge in [-0.15, -0.1) is 0 Å². The van der Waals surface area contributed by atoms with E-state index < -0.39 is 5.91 Å². The van der Waals surface area contributed by atoms with Crippen LogP contribution in [0.2, 0.25) is 0 Å². The number of nitrogen functional groups attached to an aromatic ring is 1. The highest BCUT2D eigenvalue weighted by Crippen LogP contribution is 2.22. The van der Waals surface area contributed by atoms with Crippen molar-refractivity contribution in [2.24, 2.45) is 5.73 Å². The summed E-state index contributed by atoms with van der Waals surface area (Å²) in [5.74, 6) is -0.481. The third-order valence-corrected chi connectivity index (χ3v) is 3.00. The Morgan fingerprint density at radius 3 is 2.89 bits per heavy atom. The van der Waals surface area contributed by atoms with Crippen LogP contribution in [0.15, 0.2) is 18.2 Å². The van der Waals surface area contributed by atoms with Crippen LogP contribution in [-0.2, 0) is 4.79 Å². The monoisotopic (exact) mass is 248 g/mol. The van der Waals surface area contributed by atoms with Crippen LogP contribution >= 0.6 is 0 Å². The Labute approximate surface area is 105 Å². The third kappa shape index (κ3) is 2.53. The topological polar surface area (TPSA) is 110 Å². The number of anilines is 2. The Kier molecular flexibility index (Phi) is 3.36. The van der Waals surface area contributed by atoms with E-state index in [-0.39, 0.29) is 11.9 Å². The molecular weight excluding hydrogens is 232 g/mol. The molecule has 6 N–H and O–H groups in total. The molecule has 0 spiro atoms. The number of benzene rings is 1. The van der Waals surface area contributed by atoms with Crippen LogP contribution in [-0.4, -0.2) is 24.4 Å². The minimum Gasteiger partial charge on any atom is -0.396 e. The van der Waals surface area contributed by atoms with Crippen LogP contribution in [0.4, 0.5) is 11.4 Å². The molecule has 1 saturated heterocycles. The maximum Gasteiger partial charge on any atom is 0.250 e. The smallest absolute Gasteiger partial charge is 0.250 e. The number of amides is 2. The van der Waals surface area contributed by atoms with Crippen molar-refractivity contribution in [1.29, 1.82) is 0 Å². The molecule has 6 heteroatoms. The van der Waals surface area contributed by atoms with Gasteiger partial charge in [0.25, 0.3) is 5.91 Å². The van der Waals surface area contributed by atoms with E-state index in [0.717, 1.165) is 6.42 Å². The molecular formula is C12H16N4O2. The molecule has 0 aliphatic carbocycles. The fraction of sp³-hybridized carbons (Fsp3) is 0.333. The molecule has 0 aromatic heterocycles. The highest BCUT2D eigenvalue weighted by molar-refractivity contribution is 6.00. The van der Waals surface area contributed by atoms with Crippen molar-refractivity contribution in [3.05, 3.63) is 23.8 Å². The number of nitrogens with one attached hydrogen (secondary N) is 2. The summed E-state index contributed by atoms with van der Waals surface area (Å²) in [6, 6.07) is 5.18. The Bertz CT molecular complexity index is 487. The normalized spacial score (nSPS) is 18.4. The van der Waals surface area contributed by atoms with E-state index in [4.69, 9.17) is 11.5 Å². The van der Waals surface area contributed by atoms with E-state index >= 15 is 0 Å². The zero-order valence-corrected chi connectivity index (χ0v) is 9.90. The molecule has 18 heavy (non-hydrogen) atoms. The number of para-hydroxylation sites is 1. The van der Waals surface area contributed by atoms with Crippen LogP contribution in [0.25, 0.3) is 0 Å². The number of nitrogens with two attached hydrogens (primary N) is 2. The van der Waals surface area contributed by atoms with Gasteiger partial charge in [-0.2, -0.15) is 0 Å². The van der Waals surface area contributed by atoms with Crippen LogP contribution in [0.5, 0.6) is 0 Å². The summed E-state index contributed by atoms with van der Waals surface area (Å²) in [6.45, 7) is 0.582. The minimum atomic E-state index is -0.551. The first-order valence-electron chi connectivity index (χ1n) is 5.79. The predicted molar refractivity (Wildman–Crippen MR) is 69.0 cm³/mol. The van der Waals surface area contributed by atoms with Gasteiger partial charge in [-0.1, -0.05) is 6.07 Å². The van der Waals surface area contributed by atoms with Gasteiger partial charge in [0, 0.05) is 19.0 Å². The molecule has 1 aliphatic heterocycles. The average molecular weight is 248 g/mol. The molecule has 1 aromatic carbocycles. The highest BCUT2D eigenvalue weighted by atomic mass is 16.2. The third-order valence-electron chi connectivity index (χ3n) is 3.00. The lowest BCUT2D eigenvalue weighted by Gasteiger charge is -2.15. The summed E-state index contributed by atoms with van der Waals surface area (Å²) in [6.07, 6.45) is 1.37. The summed E-state index contributed by atoms with van der Waals surface area (Å²) in [5.41, 5.74) is 12.4. The van der Waals surface area contributed by atoms with Gasteiger partial charge < -0.3 is 22.1 Å². The van der Waals surface area contributed by atoms with Gasteiger partial charge in [-0.05, 0) is 18.6 Å². The maximum atomic E-state index is 11.1. The summed E-state index contributed by atoms with van der Waals surface area (Å²) in [4.78, 5) is 22.2. The highest BCUT2D eigenvalue weighted by Gasteiger charge is 2.20. The van der Waals surface area contributed by atoms with Crippen molar-refractivity contribution in [3.8, 4) is 0 Å². The van der Waals surface area contributed by atoms with E-state index in [0.29, 0.717) is 29.9 Å². The minimum absolute atomic E-state index is 0.0701. The van der Waals surface area contributed by atoms with Gasteiger partial charge in [0.05, 0.1) is 16.9 Å². The van der Waals surface area contributed by atoms with E-state index in [1.807, 2.05) is 0 Å². The Hall–Kier alpha value is -2.24. The lowest BCUT2D eigenvalue weighted by molar-refractivity contribution is -0.119. The molecule has 1 unspecified atom stereocenters. The van der Waals surface area contributed by atoms with Crippen LogP contribution < -0.4 is 22.1 Å². The van der Waals surface area contributed by atoms with Crippen LogP contribution in [0, 0.1) is 0 Å². The number of hydrogen-bond donors (Lipinski definition) is 4. The SMILES string of the molecule is NC(=O)c1cccc(NCC2CCC(=O)N2)c1N. The van der Waals surface area contributed by atoms with Gasteiger partial charge in [0.15, 0.2) is 0 Å². The molecule has 1 atom stereocenters. The zero-order valence-electron chi connectivity index (χ0n) is 9.90. The number of hydrogen-bond acceptors (Lipinski definition) is 4. The molecule has 0 radical (unpaired) electrons. The molecule has 1 fully saturated rings. The fourth-order valence-corrected chi connectivity index (χ4v) is 2.00. The van der Waals surface area contributed by atoms with E-state index in [1.165, 1.54) is 0 Å². The fourth-order valence-electron chi connectivity index (χ4n) is 2.00. The van der Waals surface area contributed by atoms with Gasteiger partial charge in [-0.25, -0.2) is 0 Å². The predicted octanol–water partition coefficient (Wildman–Crippen LogP) is 0.0582. The second-order valence-corrected chi connectivity index (χ2v) is 4.32. The Balaban J connectivity index is 2.03. The van der Waals surface area contributed by atoms with Crippen molar-refractivity contribution in [2.45, 2.75) is 18.9 Å². The van der Waals surface area contributed by atoms with Gasteiger partial charge in [0.2, 0.25) is 5.91 Å². The van der Waals surface area contributed by atoms with Crippen LogP contribution in [0.3, 0.4) is 0 Å². The quantitative estimate of drug-likeness (QED) is 0.564. The number of carbonyl (C=O) groups is 2. The second-order valence-electron chi connectivity index (χ2n) is 4.32. The lowest BCUT2D eigenvalue weighted by atomic mass is 10.1. The molecule has 0 saturated carbocycles. The molecule has 1 aliphatic rings. The van der Waals surface area contributed by atoms with E-state index in [1.54, 1.807) is 18.2 Å². The second kappa shape index (κ2) is 4.95. The Morgan fingerprint density at radius 1 is 1.50 bits per heavy atom. The lowest BCUT2D eigenvalue weighted by Crippen LogP contribution is -2.32. The molecule has 6 nitrogen and oxygen atoms in total. The largest absolute Gasteiger partial charge is 0.396 e. The number of carbonyl (C=O) groups excluding carboxylic acids is 2. The number of rotatable bonds is 4. The van der Waals surface area contributed by atoms with Crippen molar-refractivity contribution in [2.75, 3.05) is 17.6 Å². The first-order chi connectivity index (χ1) is 8.58. The molecule has 0 bridgehead atoms. The number of primary amides is 1. The molecule has 96 valence electrons. The molecule has 1 aromatic rings. The van der Waals surface area contributed by atoms with Crippen molar-refractivity contribution in [1.82, 2.24) is 5.32 Å². The van der Waals surface area contributed by atoms with Crippen molar-refractivity contribution < 1.29 is 9.59 Å². The van der Waals surface area contributed by atoms with Gasteiger partial charge in [0.1, 0.15) is 0 Å². The summed E-state index contributed by atoms with van der Waals surface area (Å²) >= 11 is 0. The summed E-state index contributed by atoms with van der Waals surface area (Å²) < 4.78 is 0. The Morgan fingerprint density at radius 2 is 2.28 bits per heavy atom. The average Bonchev–Trinajstić information content (AvgIpc) is 2.73. The van der Waals surface area contributed by atoms with E-state index in [9.17, 15) is 9.59 Å². The molecule has 2 amide bonds. The van der Waals surface area contributed by atoms with Crippen LogP contribution in [0.1, 0.15) is 23.2 Å². The molecule has 2 rings (SSSR count). The zero-order chi connectivity index (χ0) is 13.1. The summed E-state index contributed by atoms with van der Waals surface area (Å²) in [5, 5.41) is 5.97. The first-order valence-corrected chi connectivity index (χ1v) is 5.79. The van der Waals surface area contributed by atoms with E-state index in [2.05, 4.69) is 10.6 Å². The molecule has 1 heterocycles. The maximum absolute atomic E-state index is 11.1. The first kappa shape index (κ1) is 12.2.